The average molecular weight is 368 g/mol. The van der Waals surface area contributed by atoms with Crippen LogP contribution in [0.15, 0.2) is 12.1 Å². The first kappa shape index (κ1) is 18.3. The van der Waals surface area contributed by atoms with Crippen LogP contribution in [-0.2, 0) is 19.8 Å². The Hall–Kier alpha value is -3.54. The van der Waals surface area contributed by atoms with E-state index in [1.165, 1.54) is 26.0 Å². The van der Waals surface area contributed by atoms with Gasteiger partial charge in [-0.1, -0.05) is 0 Å². The van der Waals surface area contributed by atoms with E-state index in [0.717, 1.165) is 4.90 Å². The molecular formula is C18H16N4O5. The number of nitrogens with one attached hydrogen (secondary N) is 1. The van der Waals surface area contributed by atoms with E-state index < -0.39 is 41.0 Å². The van der Waals surface area contributed by atoms with Crippen molar-refractivity contribution in [2.75, 3.05) is 0 Å². The third-order valence-electron chi connectivity index (χ3n) is 4.97. The highest BCUT2D eigenvalue weighted by atomic mass is 16.2. The molecule has 3 rings (SSSR count). The molecule has 0 aromatic heterocycles. The van der Waals surface area contributed by atoms with Gasteiger partial charge in [0.1, 0.15) is 6.04 Å². The van der Waals surface area contributed by atoms with Gasteiger partial charge in [0.2, 0.25) is 17.7 Å². The van der Waals surface area contributed by atoms with Crippen molar-refractivity contribution in [2.24, 2.45) is 5.73 Å². The summed E-state index contributed by atoms with van der Waals surface area (Å²) < 4.78 is 0. The maximum Gasteiger partial charge on any atom is 0.262 e. The minimum Gasteiger partial charge on any atom is -0.369 e. The lowest BCUT2D eigenvalue weighted by Crippen LogP contribution is -2.54. The molecule has 2 aliphatic heterocycles. The summed E-state index contributed by atoms with van der Waals surface area (Å²) in [6.45, 7) is 2.91. The number of benzene rings is 1. The van der Waals surface area contributed by atoms with E-state index in [1.807, 2.05) is 6.07 Å². The van der Waals surface area contributed by atoms with Gasteiger partial charge in [0, 0.05) is 6.42 Å². The van der Waals surface area contributed by atoms with Crippen molar-refractivity contribution in [1.29, 1.82) is 5.26 Å². The molecule has 138 valence electrons. The summed E-state index contributed by atoms with van der Waals surface area (Å²) in [6, 6.07) is 3.45. The number of hydrogen-bond donors (Lipinski definition) is 2. The fourth-order valence-corrected chi connectivity index (χ4v) is 3.42. The smallest absolute Gasteiger partial charge is 0.262 e. The molecule has 1 aromatic rings. The minimum absolute atomic E-state index is 0.00646. The van der Waals surface area contributed by atoms with Crippen LogP contribution in [0, 0.1) is 11.3 Å². The minimum atomic E-state index is -1.40. The molecule has 9 nitrogen and oxygen atoms in total. The fraction of sp³-hybridized carbons (Fsp3) is 0.333. The lowest BCUT2D eigenvalue weighted by molar-refractivity contribution is -0.136. The van der Waals surface area contributed by atoms with Gasteiger partial charge < -0.3 is 5.73 Å². The largest absolute Gasteiger partial charge is 0.369 e. The topological polar surface area (TPSA) is 150 Å². The predicted molar refractivity (Wildman–Crippen MR) is 90.0 cm³/mol. The molecule has 27 heavy (non-hydrogen) atoms. The summed E-state index contributed by atoms with van der Waals surface area (Å²) in [5, 5.41) is 11.5. The third kappa shape index (κ3) is 2.57. The number of carbonyl (C=O) groups excluding carboxylic acids is 5. The van der Waals surface area contributed by atoms with Gasteiger partial charge in [-0.05, 0) is 38.0 Å². The lowest BCUT2D eigenvalue weighted by Gasteiger charge is -2.28. The molecule has 1 atom stereocenters. The number of carbonyl (C=O) groups is 5. The summed E-state index contributed by atoms with van der Waals surface area (Å²) in [5.41, 5.74) is 4.05. The highest BCUT2D eigenvalue weighted by Gasteiger charge is 2.48. The third-order valence-corrected chi connectivity index (χ3v) is 4.97. The number of nitrogens with two attached hydrogens (primary N) is 1. The number of amides is 5. The zero-order chi connectivity index (χ0) is 20.1. The molecule has 2 aliphatic rings. The quantitative estimate of drug-likeness (QED) is 0.701. The van der Waals surface area contributed by atoms with Crippen molar-refractivity contribution < 1.29 is 24.0 Å². The van der Waals surface area contributed by atoms with Crippen LogP contribution < -0.4 is 11.1 Å². The Morgan fingerprint density at radius 1 is 1.26 bits per heavy atom. The van der Waals surface area contributed by atoms with Crippen LogP contribution in [0.2, 0.25) is 0 Å². The standard InChI is InChI=1S/C18H16N4O5/c1-18(2,17(20)27)13-8(7-19)3-4-9-12(13)16(26)22(15(9)25)10-5-6-11(23)21-14(10)24/h3-4,10H,5-6H2,1-2H3,(H2,20,27)(H,21,23,24). The molecule has 5 amide bonds. The molecule has 0 bridgehead atoms. The second kappa shape index (κ2) is 6.02. The summed E-state index contributed by atoms with van der Waals surface area (Å²) in [4.78, 5) is 62.1. The van der Waals surface area contributed by atoms with E-state index in [9.17, 15) is 29.2 Å². The molecule has 1 fully saturated rings. The maximum atomic E-state index is 13.1. The fourth-order valence-electron chi connectivity index (χ4n) is 3.42. The van der Waals surface area contributed by atoms with Gasteiger partial charge in [-0.25, -0.2) is 0 Å². The van der Waals surface area contributed by atoms with Gasteiger partial charge in [-0.15, -0.1) is 0 Å². The molecule has 0 spiro atoms. The summed E-state index contributed by atoms with van der Waals surface area (Å²) in [7, 11) is 0. The van der Waals surface area contributed by atoms with Gasteiger partial charge in [0.05, 0.1) is 28.2 Å². The van der Waals surface area contributed by atoms with Crippen LogP contribution in [-0.4, -0.2) is 40.5 Å². The Labute approximate surface area is 154 Å². The zero-order valence-corrected chi connectivity index (χ0v) is 14.7. The summed E-state index contributed by atoms with van der Waals surface area (Å²) >= 11 is 0. The van der Waals surface area contributed by atoms with Crippen molar-refractivity contribution in [1.82, 2.24) is 10.2 Å². The first-order valence-corrected chi connectivity index (χ1v) is 8.20. The van der Waals surface area contributed by atoms with E-state index in [-0.39, 0.29) is 35.1 Å². The molecule has 1 unspecified atom stereocenters. The number of hydrogen-bond acceptors (Lipinski definition) is 6. The van der Waals surface area contributed by atoms with Gasteiger partial charge in [0.25, 0.3) is 11.8 Å². The second-order valence-corrected chi connectivity index (χ2v) is 6.96. The van der Waals surface area contributed by atoms with Crippen molar-refractivity contribution in [3.63, 3.8) is 0 Å². The SMILES string of the molecule is CC(C)(C(N)=O)c1c(C#N)ccc2c1C(=O)N(C1CCC(=O)NC1=O)C2=O. The molecule has 1 saturated heterocycles. The van der Waals surface area contributed by atoms with E-state index in [4.69, 9.17) is 5.73 Å². The van der Waals surface area contributed by atoms with Gasteiger partial charge in [-0.3, -0.25) is 34.2 Å². The average Bonchev–Trinajstić information content (AvgIpc) is 2.85. The molecule has 0 aliphatic carbocycles. The molecule has 2 heterocycles. The van der Waals surface area contributed by atoms with Crippen LogP contribution in [0.25, 0.3) is 0 Å². The van der Waals surface area contributed by atoms with E-state index in [2.05, 4.69) is 5.32 Å². The van der Waals surface area contributed by atoms with Gasteiger partial charge in [0.15, 0.2) is 0 Å². The van der Waals surface area contributed by atoms with Crippen molar-refractivity contribution in [2.45, 2.75) is 38.1 Å². The molecule has 0 saturated carbocycles. The van der Waals surface area contributed by atoms with Crippen molar-refractivity contribution in [3.8, 4) is 6.07 Å². The normalized spacial score (nSPS) is 19.6. The van der Waals surface area contributed by atoms with Crippen LogP contribution in [0.5, 0.6) is 0 Å². The van der Waals surface area contributed by atoms with Crippen LogP contribution in [0.3, 0.4) is 0 Å². The Bertz CT molecular complexity index is 973. The maximum absolute atomic E-state index is 13.1. The highest BCUT2D eigenvalue weighted by Crippen LogP contribution is 2.37. The van der Waals surface area contributed by atoms with Crippen LogP contribution >= 0.6 is 0 Å². The zero-order valence-electron chi connectivity index (χ0n) is 14.7. The number of imide groups is 2. The molecule has 1 aromatic carbocycles. The van der Waals surface area contributed by atoms with Crippen LogP contribution in [0.4, 0.5) is 0 Å². The van der Waals surface area contributed by atoms with E-state index in [0.29, 0.717) is 0 Å². The van der Waals surface area contributed by atoms with Crippen molar-refractivity contribution >= 4 is 29.5 Å². The predicted octanol–water partition coefficient (Wildman–Crippen LogP) is -0.278. The number of fused-ring (bicyclic) bond motifs is 1. The number of nitriles is 1. The van der Waals surface area contributed by atoms with E-state index in [1.54, 1.807) is 0 Å². The van der Waals surface area contributed by atoms with Gasteiger partial charge >= 0.3 is 0 Å². The number of rotatable bonds is 3. The number of nitrogens with zero attached hydrogens (tertiary/aromatic N) is 2. The molecular weight excluding hydrogens is 352 g/mol. The summed E-state index contributed by atoms with van der Waals surface area (Å²) in [5.74, 6) is -3.49. The Balaban J connectivity index is 2.18. The van der Waals surface area contributed by atoms with Crippen LogP contribution in [0.1, 0.15) is 58.5 Å². The highest BCUT2D eigenvalue weighted by molar-refractivity contribution is 6.24. The number of piperidine rings is 1. The van der Waals surface area contributed by atoms with Gasteiger partial charge in [-0.2, -0.15) is 5.26 Å². The number of primary amides is 1. The Kier molecular flexibility index (Phi) is 4.07. The molecule has 0 radical (unpaired) electrons. The first-order valence-electron chi connectivity index (χ1n) is 8.20. The first-order chi connectivity index (χ1) is 12.6. The molecule has 3 N–H and O–H groups in total. The lowest BCUT2D eigenvalue weighted by atomic mass is 9.77. The Morgan fingerprint density at radius 3 is 2.48 bits per heavy atom. The van der Waals surface area contributed by atoms with Crippen molar-refractivity contribution in [3.05, 3.63) is 34.4 Å². The molecule has 9 heteroatoms. The van der Waals surface area contributed by atoms with E-state index >= 15 is 0 Å². The Morgan fingerprint density at radius 2 is 1.93 bits per heavy atom. The monoisotopic (exact) mass is 368 g/mol. The summed E-state index contributed by atoms with van der Waals surface area (Å²) in [6.07, 6.45) is 0.00266. The second-order valence-electron chi connectivity index (χ2n) is 6.96.